The van der Waals surface area contributed by atoms with Crippen LogP contribution in [-0.4, -0.2) is 46.2 Å². The fourth-order valence-electron chi connectivity index (χ4n) is 2.23. The van der Waals surface area contributed by atoms with Crippen molar-refractivity contribution in [3.05, 3.63) is 32.6 Å². The van der Waals surface area contributed by atoms with Gasteiger partial charge in [0.05, 0.1) is 13.2 Å². The van der Waals surface area contributed by atoms with E-state index >= 15 is 0 Å². The Balaban J connectivity index is 2.18. The SMILES string of the molecule is CCOC(=O)O[C@H]1C[C@H](n2cc(C)c(=O)[nH]c2=O)O[C@@H]1CO. The van der Waals surface area contributed by atoms with E-state index in [0.717, 1.165) is 0 Å². The molecule has 0 spiro atoms. The number of ether oxygens (including phenoxy) is 3. The quantitative estimate of drug-likeness (QED) is 0.730. The fourth-order valence-corrected chi connectivity index (χ4v) is 2.23. The smallest absolute Gasteiger partial charge is 0.435 e. The molecule has 2 rings (SSSR count). The molecular formula is C13H18N2O7. The molecule has 0 aromatic carbocycles. The molecule has 0 amide bonds. The second-order valence-electron chi connectivity index (χ2n) is 4.87. The maximum absolute atomic E-state index is 11.8. The van der Waals surface area contributed by atoms with Gasteiger partial charge in [0.25, 0.3) is 5.56 Å². The fraction of sp³-hybridized carbons (Fsp3) is 0.615. The summed E-state index contributed by atoms with van der Waals surface area (Å²) in [6, 6.07) is 0. The Morgan fingerprint density at radius 3 is 2.91 bits per heavy atom. The molecule has 1 saturated heterocycles. The summed E-state index contributed by atoms with van der Waals surface area (Å²) in [6.45, 7) is 2.98. The standard InChI is InChI=1S/C13H18N2O7/c1-3-20-13(19)22-8-4-10(21-9(8)6-16)15-5-7(2)11(17)14-12(15)18/h5,8-10,16H,3-4,6H2,1-2H3,(H,14,17,18)/t8-,9+,10+/m0/s1. The lowest BCUT2D eigenvalue weighted by Gasteiger charge is -2.15. The molecule has 1 aliphatic rings. The Morgan fingerprint density at radius 2 is 2.27 bits per heavy atom. The predicted octanol–water partition coefficient (Wildman–Crippen LogP) is -0.333. The molecule has 1 aromatic heterocycles. The van der Waals surface area contributed by atoms with Crippen LogP contribution in [0.2, 0.25) is 0 Å². The third-order valence-corrected chi connectivity index (χ3v) is 3.33. The summed E-state index contributed by atoms with van der Waals surface area (Å²) in [6.07, 6.45) is -1.59. The lowest BCUT2D eigenvalue weighted by molar-refractivity contribution is -0.0570. The summed E-state index contributed by atoms with van der Waals surface area (Å²) in [5.41, 5.74) is -0.759. The van der Waals surface area contributed by atoms with Gasteiger partial charge >= 0.3 is 11.8 Å². The van der Waals surface area contributed by atoms with Gasteiger partial charge in [-0.3, -0.25) is 14.3 Å². The van der Waals surface area contributed by atoms with E-state index in [2.05, 4.69) is 9.72 Å². The van der Waals surface area contributed by atoms with E-state index in [4.69, 9.17) is 9.47 Å². The molecule has 9 heteroatoms. The van der Waals surface area contributed by atoms with E-state index in [-0.39, 0.29) is 19.6 Å². The number of rotatable bonds is 4. The summed E-state index contributed by atoms with van der Waals surface area (Å²) >= 11 is 0. The summed E-state index contributed by atoms with van der Waals surface area (Å²) in [5, 5.41) is 9.31. The van der Waals surface area contributed by atoms with Gasteiger partial charge in [-0.15, -0.1) is 0 Å². The van der Waals surface area contributed by atoms with Gasteiger partial charge in [0.2, 0.25) is 0 Å². The number of carbonyl (C=O) groups is 1. The molecule has 0 radical (unpaired) electrons. The number of aryl methyl sites for hydroxylation is 1. The van der Waals surface area contributed by atoms with Crippen molar-refractivity contribution >= 4 is 6.16 Å². The third-order valence-electron chi connectivity index (χ3n) is 3.33. The molecule has 0 aliphatic carbocycles. The summed E-state index contributed by atoms with van der Waals surface area (Å²) < 4.78 is 16.5. The third kappa shape index (κ3) is 3.37. The Morgan fingerprint density at radius 1 is 1.55 bits per heavy atom. The van der Waals surface area contributed by atoms with Crippen molar-refractivity contribution in [2.24, 2.45) is 0 Å². The van der Waals surface area contributed by atoms with Crippen LogP contribution in [0.5, 0.6) is 0 Å². The van der Waals surface area contributed by atoms with Crippen LogP contribution in [0, 0.1) is 6.92 Å². The number of aliphatic hydroxyl groups is 1. The second kappa shape index (κ2) is 6.75. The van der Waals surface area contributed by atoms with Gasteiger partial charge in [-0.25, -0.2) is 9.59 Å². The highest BCUT2D eigenvalue weighted by atomic mass is 16.7. The molecule has 0 unspecified atom stereocenters. The topological polar surface area (TPSA) is 120 Å². The number of aliphatic hydroxyl groups excluding tert-OH is 1. The Bertz CT molecular complexity index is 651. The van der Waals surface area contributed by atoms with Crippen molar-refractivity contribution in [2.45, 2.75) is 38.7 Å². The average molecular weight is 314 g/mol. The first-order chi connectivity index (χ1) is 10.5. The molecule has 122 valence electrons. The van der Waals surface area contributed by atoms with E-state index in [9.17, 15) is 19.5 Å². The molecule has 0 bridgehead atoms. The van der Waals surface area contributed by atoms with Crippen molar-refractivity contribution in [1.29, 1.82) is 0 Å². The lowest BCUT2D eigenvalue weighted by Crippen LogP contribution is -2.33. The van der Waals surface area contributed by atoms with E-state index in [1.54, 1.807) is 13.8 Å². The zero-order valence-electron chi connectivity index (χ0n) is 12.3. The predicted molar refractivity (Wildman–Crippen MR) is 73.6 cm³/mol. The van der Waals surface area contributed by atoms with Crippen LogP contribution >= 0.6 is 0 Å². The number of aromatic nitrogens is 2. The minimum absolute atomic E-state index is 0.162. The van der Waals surface area contributed by atoms with Gasteiger partial charge in [-0.1, -0.05) is 0 Å². The van der Waals surface area contributed by atoms with Crippen LogP contribution in [0.15, 0.2) is 15.8 Å². The van der Waals surface area contributed by atoms with Gasteiger partial charge in [0.15, 0.2) is 0 Å². The molecule has 2 N–H and O–H groups in total. The van der Waals surface area contributed by atoms with Gasteiger partial charge in [0, 0.05) is 18.2 Å². The molecule has 9 nitrogen and oxygen atoms in total. The van der Waals surface area contributed by atoms with Crippen molar-refractivity contribution in [3.8, 4) is 0 Å². The second-order valence-corrected chi connectivity index (χ2v) is 4.87. The van der Waals surface area contributed by atoms with Crippen LogP contribution in [0.25, 0.3) is 0 Å². The minimum Gasteiger partial charge on any atom is -0.435 e. The monoisotopic (exact) mass is 314 g/mol. The van der Waals surface area contributed by atoms with E-state index in [0.29, 0.717) is 5.56 Å². The first-order valence-corrected chi connectivity index (χ1v) is 6.88. The van der Waals surface area contributed by atoms with Crippen molar-refractivity contribution in [1.82, 2.24) is 9.55 Å². The molecular weight excluding hydrogens is 296 g/mol. The summed E-state index contributed by atoms with van der Waals surface area (Å²) in [7, 11) is 0. The van der Waals surface area contributed by atoms with Crippen LogP contribution in [-0.2, 0) is 14.2 Å². The molecule has 1 aliphatic heterocycles. The molecule has 22 heavy (non-hydrogen) atoms. The van der Waals surface area contributed by atoms with Crippen LogP contribution in [0.1, 0.15) is 25.1 Å². The van der Waals surface area contributed by atoms with E-state index in [1.807, 2.05) is 0 Å². The largest absolute Gasteiger partial charge is 0.508 e. The number of hydrogen-bond donors (Lipinski definition) is 2. The summed E-state index contributed by atoms with van der Waals surface area (Å²) in [4.78, 5) is 36.8. The van der Waals surface area contributed by atoms with Crippen LogP contribution in [0.4, 0.5) is 4.79 Å². The maximum atomic E-state index is 11.8. The number of aromatic amines is 1. The van der Waals surface area contributed by atoms with E-state index in [1.165, 1.54) is 10.8 Å². The number of nitrogens with one attached hydrogen (secondary N) is 1. The highest BCUT2D eigenvalue weighted by Gasteiger charge is 2.39. The highest BCUT2D eigenvalue weighted by molar-refractivity contribution is 5.60. The lowest BCUT2D eigenvalue weighted by atomic mass is 10.2. The van der Waals surface area contributed by atoms with E-state index < -0.39 is 35.8 Å². The van der Waals surface area contributed by atoms with Crippen LogP contribution < -0.4 is 11.2 Å². The first-order valence-electron chi connectivity index (χ1n) is 6.88. The molecule has 1 aromatic rings. The number of carbonyl (C=O) groups excluding carboxylic acids is 1. The first kappa shape index (κ1) is 16.2. The Kier molecular flexibility index (Phi) is 4.99. The molecule has 2 heterocycles. The highest BCUT2D eigenvalue weighted by Crippen LogP contribution is 2.29. The number of hydrogen-bond acceptors (Lipinski definition) is 7. The average Bonchev–Trinajstić information content (AvgIpc) is 2.85. The molecule has 1 fully saturated rings. The van der Waals surface area contributed by atoms with Gasteiger partial charge in [0.1, 0.15) is 18.4 Å². The van der Waals surface area contributed by atoms with Crippen molar-refractivity contribution < 1.29 is 24.1 Å². The Hall–Kier alpha value is -2.13. The zero-order chi connectivity index (χ0) is 16.3. The van der Waals surface area contributed by atoms with Crippen molar-refractivity contribution in [3.63, 3.8) is 0 Å². The van der Waals surface area contributed by atoms with Gasteiger partial charge in [-0.05, 0) is 13.8 Å². The maximum Gasteiger partial charge on any atom is 0.508 e. The molecule has 3 atom stereocenters. The number of nitrogens with zero attached hydrogens (tertiary/aromatic N) is 1. The summed E-state index contributed by atoms with van der Waals surface area (Å²) in [5.74, 6) is 0. The minimum atomic E-state index is -0.861. The molecule has 0 saturated carbocycles. The normalized spacial score (nSPS) is 24.2. The Labute approximate surface area is 125 Å². The zero-order valence-corrected chi connectivity index (χ0v) is 12.3. The van der Waals surface area contributed by atoms with Gasteiger partial charge < -0.3 is 19.3 Å². The van der Waals surface area contributed by atoms with Crippen molar-refractivity contribution in [2.75, 3.05) is 13.2 Å². The van der Waals surface area contributed by atoms with Crippen LogP contribution in [0.3, 0.4) is 0 Å². The van der Waals surface area contributed by atoms with Gasteiger partial charge in [-0.2, -0.15) is 0 Å². The number of H-pyrrole nitrogens is 1.